The molecule has 0 saturated heterocycles. The molecule has 1 aromatic carbocycles. The summed E-state index contributed by atoms with van der Waals surface area (Å²) in [6.07, 6.45) is 4.51. The second-order valence-corrected chi connectivity index (χ2v) is 5.88. The van der Waals surface area contributed by atoms with Crippen molar-refractivity contribution >= 4 is 11.6 Å². The molecular formula is C16H23ClO5. The van der Waals surface area contributed by atoms with Crippen LogP contribution in [0.4, 0.5) is 0 Å². The predicted molar refractivity (Wildman–Crippen MR) is 83.4 cm³/mol. The Morgan fingerprint density at radius 2 is 1.59 bits per heavy atom. The number of ether oxygens (including phenoxy) is 4. The Bertz CT molecular complexity index is 486. The third kappa shape index (κ3) is 4.04. The lowest BCUT2D eigenvalue weighted by atomic mass is 9.79. The predicted octanol–water partition coefficient (Wildman–Crippen LogP) is 3.46. The zero-order valence-electron chi connectivity index (χ0n) is 13.1. The first-order chi connectivity index (χ1) is 10.6. The van der Waals surface area contributed by atoms with Crippen LogP contribution in [0.1, 0.15) is 37.7 Å². The van der Waals surface area contributed by atoms with Crippen molar-refractivity contribution in [2.45, 2.75) is 37.7 Å². The maximum absolute atomic E-state index is 11.0. The van der Waals surface area contributed by atoms with Crippen molar-refractivity contribution in [1.29, 1.82) is 0 Å². The molecule has 1 aliphatic rings. The normalized spacial score (nSPS) is 17.3. The van der Waals surface area contributed by atoms with E-state index in [2.05, 4.69) is 0 Å². The number of hydrogen-bond donors (Lipinski definition) is 1. The first kappa shape index (κ1) is 17.3. The molecule has 1 N–H and O–H groups in total. The van der Waals surface area contributed by atoms with Gasteiger partial charge in [0, 0.05) is 25.8 Å². The summed E-state index contributed by atoms with van der Waals surface area (Å²) in [7, 11) is 3.09. The second-order valence-electron chi connectivity index (χ2n) is 5.47. The highest BCUT2D eigenvalue weighted by molar-refractivity contribution is 6.32. The van der Waals surface area contributed by atoms with Gasteiger partial charge in [-0.2, -0.15) is 0 Å². The number of halogens is 1. The molecule has 1 aliphatic carbocycles. The van der Waals surface area contributed by atoms with E-state index >= 15 is 0 Å². The van der Waals surface area contributed by atoms with Crippen LogP contribution in [-0.2, 0) is 15.1 Å². The molecule has 0 bridgehead atoms. The third-order valence-corrected chi connectivity index (χ3v) is 4.18. The molecule has 6 heteroatoms. The lowest BCUT2D eigenvalue weighted by Crippen LogP contribution is -2.29. The number of rotatable bonds is 7. The number of aliphatic hydroxyl groups is 1. The summed E-state index contributed by atoms with van der Waals surface area (Å²) in [4.78, 5) is 0. The smallest absolute Gasteiger partial charge is 0.188 e. The van der Waals surface area contributed by atoms with E-state index in [0.29, 0.717) is 34.9 Å². The van der Waals surface area contributed by atoms with Gasteiger partial charge in [-0.25, -0.2) is 0 Å². The third-order valence-electron chi connectivity index (χ3n) is 3.88. The Balaban J connectivity index is 2.35. The fraction of sp³-hybridized carbons (Fsp3) is 0.625. The van der Waals surface area contributed by atoms with Gasteiger partial charge in [0.25, 0.3) is 0 Å². The Hall–Kier alpha value is -1.01. The van der Waals surface area contributed by atoms with Crippen LogP contribution in [0.2, 0.25) is 5.02 Å². The second kappa shape index (κ2) is 8.02. The summed E-state index contributed by atoms with van der Waals surface area (Å²) >= 11 is 6.27. The van der Waals surface area contributed by atoms with Gasteiger partial charge in [-0.15, -0.1) is 0 Å². The van der Waals surface area contributed by atoms with E-state index in [1.165, 1.54) is 7.11 Å². The van der Waals surface area contributed by atoms with E-state index in [4.69, 9.17) is 30.5 Å². The number of hydrogen-bond acceptors (Lipinski definition) is 5. The molecule has 0 amide bonds. The summed E-state index contributed by atoms with van der Waals surface area (Å²) in [6, 6.07) is 3.41. The molecule has 0 atom stereocenters. The molecule has 2 rings (SSSR count). The molecule has 0 radical (unpaired) electrons. The van der Waals surface area contributed by atoms with Gasteiger partial charge >= 0.3 is 0 Å². The zero-order valence-corrected chi connectivity index (χ0v) is 13.8. The van der Waals surface area contributed by atoms with Crippen LogP contribution in [0.25, 0.3) is 0 Å². The van der Waals surface area contributed by atoms with Crippen LogP contribution in [0.5, 0.6) is 11.5 Å². The van der Waals surface area contributed by atoms with Crippen molar-refractivity contribution in [3.05, 3.63) is 22.7 Å². The Kier molecular flexibility index (Phi) is 6.32. The Morgan fingerprint density at radius 3 is 2.18 bits per heavy atom. The molecule has 0 aromatic heterocycles. The van der Waals surface area contributed by atoms with E-state index in [0.717, 1.165) is 19.3 Å². The van der Waals surface area contributed by atoms with Crippen molar-refractivity contribution in [3.63, 3.8) is 0 Å². The van der Waals surface area contributed by atoms with E-state index in [-0.39, 0.29) is 13.6 Å². The molecule has 0 aliphatic heterocycles. The number of benzene rings is 1. The first-order valence-corrected chi connectivity index (χ1v) is 7.78. The Morgan fingerprint density at radius 1 is 1.00 bits per heavy atom. The van der Waals surface area contributed by atoms with Crippen LogP contribution in [0.3, 0.4) is 0 Å². The van der Waals surface area contributed by atoms with Crippen LogP contribution in [-0.4, -0.2) is 32.9 Å². The van der Waals surface area contributed by atoms with Crippen LogP contribution in [0.15, 0.2) is 12.1 Å². The van der Waals surface area contributed by atoms with Crippen molar-refractivity contribution in [1.82, 2.24) is 0 Å². The molecule has 0 spiro atoms. The lowest BCUT2D eigenvalue weighted by molar-refractivity contribution is -0.00816. The average Bonchev–Trinajstić information content (AvgIpc) is 2.53. The van der Waals surface area contributed by atoms with Gasteiger partial charge in [-0.1, -0.05) is 30.9 Å². The fourth-order valence-corrected chi connectivity index (χ4v) is 3.00. The van der Waals surface area contributed by atoms with Crippen molar-refractivity contribution < 1.29 is 24.1 Å². The SMILES string of the molecule is COCOc1cc(OCOC)c(C2(O)CCCCC2)cc1Cl. The van der Waals surface area contributed by atoms with Crippen LogP contribution >= 0.6 is 11.6 Å². The minimum atomic E-state index is -0.912. The van der Waals surface area contributed by atoms with Crippen molar-refractivity contribution in [2.75, 3.05) is 27.8 Å². The lowest BCUT2D eigenvalue weighted by Gasteiger charge is -2.34. The summed E-state index contributed by atoms with van der Waals surface area (Å²) < 4.78 is 20.9. The molecule has 5 nitrogen and oxygen atoms in total. The number of methoxy groups -OCH3 is 2. The van der Waals surface area contributed by atoms with Gasteiger partial charge < -0.3 is 24.1 Å². The van der Waals surface area contributed by atoms with Gasteiger partial charge in [0.15, 0.2) is 13.6 Å². The van der Waals surface area contributed by atoms with Gasteiger partial charge in [0.05, 0.1) is 10.6 Å². The van der Waals surface area contributed by atoms with E-state index in [1.807, 2.05) is 0 Å². The van der Waals surface area contributed by atoms with E-state index in [9.17, 15) is 5.11 Å². The maximum Gasteiger partial charge on any atom is 0.188 e. The summed E-state index contributed by atoms with van der Waals surface area (Å²) in [5, 5.41) is 11.4. The van der Waals surface area contributed by atoms with Gasteiger partial charge in [-0.05, 0) is 18.9 Å². The fourth-order valence-electron chi connectivity index (χ4n) is 2.78. The van der Waals surface area contributed by atoms with Crippen molar-refractivity contribution in [3.8, 4) is 11.5 Å². The minimum Gasteiger partial charge on any atom is -0.467 e. The Labute approximate surface area is 136 Å². The minimum absolute atomic E-state index is 0.0903. The maximum atomic E-state index is 11.0. The molecular weight excluding hydrogens is 308 g/mol. The van der Waals surface area contributed by atoms with E-state index in [1.54, 1.807) is 19.2 Å². The largest absolute Gasteiger partial charge is 0.467 e. The molecule has 1 aromatic rings. The van der Waals surface area contributed by atoms with Gasteiger partial charge in [0.1, 0.15) is 11.5 Å². The topological polar surface area (TPSA) is 57.2 Å². The van der Waals surface area contributed by atoms with Gasteiger partial charge in [0.2, 0.25) is 0 Å². The van der Waals surface area contributed by atoms with E-state index < -0.39 is 5.60 Å². The van der Waals surface area contributed by atoms with Crippen molar-refractivity contribution in [2.24, 2.45) is 0 Å². The standard InChI is InChI=1S/C16H23ClO5/c1-19-10-21-14-9-15(22-11-20-2)13(17)8-12(14)16(18)6-4-3-5-7-16/h8-9,18H,3-7,10-11H2,1-2H3. The summed E-state index contributed by atoms with van der Waals surface area (Å²) in [5.74, 6) is 0.986. The monoisotopic (exact) mass is 330 g/mol. The first-order valence-electron chi connectivity index (χ1n) is 7.40. The van der Waals surface area contributed by atoms with Crippen LogP contribution in [0, 0.1) is 0 Å². The highest BCUT2D eigenvalue weighted by Crippen LogP contribution is 2.44. The van der Waals surface area contributed by atoms with Crippen LogP contribution < -0.4 is 9.47 Å². The molecule has 0 unspecified atom stereocenters. The molecule has 1 saturated carbocycles. The molecule has 22 heavy (non-hydrogen) atoms. The summed E-state index contributed by atoms with van der Waals surface area (Å²) in [5.41, 5.74) is -0.218. The van der Waals surface area contributed by atoms with Gasteiger partial charge in [-0.3, -0.25) is 0 Å². The summed E-state index contributed by atoms with van der Waals surface area (Å²) in [6.45, 7) is 0.182. The average molecular weight is 331 g/mol. The zero-order chi connectivity index (χ0) is 16.0. The molecule has 1 fully saturated rings. The molecule has 124 valence electrons. The highest BCUT2D eigenvalue weighted by atomic mass is 35.5. The molecule has 0 heterocycles. The highest BCUT2D eigenvalue weighted by Gasteiger charge is 2.34. The quantitative estimate of drug-likeness (QED) is 0.776.